The topological polar surface area (TPSA) is 71.8 Å². The van der Waals surface area contributed by atoms with Gasteiger partial charge in [-0.05, 0) is 49.6 Å². The third-order valence-corrected chi connectivity index (χ3v) is 3.53. The molecule has 0 spiro atoms. The van der Waals surface area contributed by atoms with Crippen molar-refractivity contribution in [3.05, 3.63) is 27.4 Å². The van der Waals surface area contributed by atoms with Crippen molar-refractivity contribution in [1.82, 2.24) is 9.97 Å². The summed E-state index contributed by atoms with van der Waals surface area (Å²) < 4.78 is 0. The number of nitrogens with zero attached hydrogens (tertiary/aromatic N) is 1. The Bertz CT molecular complexity index is 450. The van der Waals surface area contributed by atoms with E-state index in [1.807, 2.05) is 0 Å². The predicted molar refractivity (Wildman–Crippen MR) is 68.3 cm³/mol. The molecule has 1 aromatic heterocycles. The predicted octanol–water partition coefficient (Wildman–Crippen LogP) is 1.66. The summed E-state index contributed by atoms with van der Waals surface area (Å²) in [6.07, 6.45) is 4.25. The second-order valence-corrected chi connectivity index (χ2v) is 5.14. The number of fused-ring (bicyclic) bond motifs is 1. The van der Waals surface area contributed by atoms with Gasteiger partial charge in [-0.1, -0.05) is 13.8 Å². The van der Waals surface area contributed by atoms with Crippen molar-refractivity contribution < 1.29 is 0 Å². The number of hydrogen-bond acceptors (Lipinski definition) is 3. The van der Waals surface area contributed by atoms with Gasteiger partial charge in [-0.15, -0.1) is 0 Å². The van der Waals surface area contributed by atoms with Crippen LogP contribution in [0.5, 0.6) is 0 Å². The Morgan fingerprint density at radius 3 is 2.94 bits per heavy atom. The van der Waals surface area contributed by atoms with E-state index in [0.29, 0.717) is 18.4 Å². The van der Waals surface area contributed by atoms with E-state index in [2.05, 4.69) is 23.8 Å². The lowest BCUT2D eigenvalue weighted by Gasteiger charge is -2.27. The number of nitrogens with two attached hydrogens (primary N) is 1. The van der Waals surface area contributed by atoms with Gasteiger partial charge in [0.1, 0.15) is 0 Å². The van der Waals surface area contributed by atoms with E-state index in [1.165, 1.54) is 5.56 Å². The highest BCUT2D eigenvalue weighted by Gasteiger charge is 2.25. The van der Waals surface area contributed by atoms with Gasteiger partial charge in [0.05, 0.1) is 5.69 Å². The highest BCUT2D eigenvalue weighted by atomic mass is 16.1. The molecule has 1 aliphatic rings. The van der Waals surface area contributed by atoms with Crippen LogP contribution in [0.2, 0.25) is 0 Å². The quantitative estimate of drug-likeness (QED) is 0.837. The van der Waals surface area contributed by atoms with Crippen LogP contribution in [-0.4, -0.2) is 16.5 Å². The van der Waals surface area contributed by atoms with E-state index >= 15 is 0 Å². The van der Waals surface area contributed by atoms with E-state index in [9.17, 15) is 4.79 Å². The molecule has 0 amide bonds. The normalized spacial score (nSPS) is 19.4. The number of aromatic nitrogens is 2. The van der Waals surface area contributed by atoms with Crippen LogP contribution in [0.4, 0.5) is 0 Å². The molecule has 94 valence electrons. The summed E-state index contributed by atoms with van der Waals surface area (Å²) in [5, 5.41) is 0. The number of hydrogen-bond donors (Lipinski definition) is 2. The molecule has 17 heavy (non-hydrogen) atoms. The molecule has 1 unspecified atom stereocenters. The fourth-order valence-corrected chi connectivity index (χ4v) is 2.80. The zero-order valence-electron chi connectivity index (χ0n) is 10.6. The second kappa shape index (κ2) is 5.00. The molecule has 1 aliphatic carbocycles. The molecular weight excluding hydrogens is 214 g/mol. The lowest BCUT2D eigenvalue weighted by Crippen LogP contribution is -2.25. The Morgan fingerprint density at radius 2 is 2.29 bits per heavy atom. The number of rotatable bonds is 3. The van der Waals surface area contributed by atoms with E-state index < -0.39 is 0 Å². The average molecular weight is 235 g/mol. The summed E-state index contributed by atoms with van der Waals surface area (Å²) in [7, 11) is 0. The minimum absolute atomic E-state index is 0.208. The van der Waals surface area contributed by atoms with Crippen LogP contribution in [-0.2, 0) is 6.42 Å². The van der Waals surface area contributed by atoms with Gasteiger partial charge in [-0.2, -0.15) is 4.98 Å². The van der Waals surface area contributed by atoms with Crippen LogP contribution >= 0.6 is 0 Å². The van der Waals surface area contributed by atoms with Crippen LogP contribution in [0.1, 0.15) is 61.9 Å². The van der Waals surface area contributed by atoms with Gasteiger partial charge in [0.25, 0.3) is 0 Å². The van der Waals surface area contributed by atoms with Crippen molar-refractivity contribution in [1.29, 1.82) is 0 Å². The first kappa shape index (κ1) is 12.3. The molecule has 4 heteroatoms. The fraction of sp³-hybridized carbons (Fsp3) is 0.692. The van der Waals surface area contributed by atoms with Crippen molar-refractivity contribution in [2.45, 2.75) is 51.4 Å². The maximum atomic E-state index is 11.5. The molecule has 1 atom stereocenters. The molecular formula is C13H21N3O. The summed E-state index contributed by atoms with van der Waals surface area (Å²) in [4.78, 5) is 18.6. The van der Waals surface area contributed by atoms with Crippen LogP contribution in [0.3, 0.4) is 0 Å². The SMILES string of the molecule is CC(C)c1nc(=O)[nH]c2c1C(CCN)CCC2. The Kier molecular flexibility index (Phi) is 3.62. The summed E-state index contributed by atoms with van der Waals surface area (Å²) in [6, 6.07) is 0. The zero-order chi connectivity index (χ0) is 12.4. The van der Waals surface area contributed by atoms with Crippen LogP contribution < -0.4 is 11.4 Å². The molecule has 0 saturated carbocycles. The maximum absolute atomic E-state index is 11.5. The number of aromatic amines is 1. The minimum atomic E-state index is -0.208. The lowest BCUT2D eigenvalue weighted by atomic mass is 9.80. The van der Waals surface area contributed by atoms with Crippen LogP contribution in [0, 0.1) is 0 Å². The molecule has 0 aromatic carbocycles. The first-order chi connectivity index (χ1) is 8.13. The fourth-order valence-electron chi connectivity index (χ4n) is 2.80. The summed E-state index contributed by atoms with van der Waals surface area (Å²) in [5.74, 6) is 0.773. The Balaban J connectivity index is 2.53. The molecule has 0 aliphatic heterocycles. The Hall–Kier alpha value is -1.16. The van der Waals surface area contributed by atoms with E-state index in [1.54, 1.807) is 0 Å². The van der Waals surface area contributed by atoms with Gasteiger partial charge in [-0.25, -0.2) is 4.79 Å². The summed E-state index contributed by atoms with van der Waals surface area (Å²) in [5.41, 5.74) is 8.82. The molecule has 4 nitrogen and oxygen atoms in total. The van der Waals surface area contributed by atoms with Gasteiger partial charge in [-0.3, -0.25) is 0 Å². The summed E-state index contributed by atoms with van der Waals surface area (Å²) in [6.45, 7) is 4.88. The molecule has 0 fully saturated rings. The third-order valence-electron chi connectivity index (χ3n) is 3.53. The van der Waals surface area contributed by atoms with E-state index in [0.717, 1.165) is 37.1 Å². The third kappa shape index (κ3) is 2.41. The van der Waals surface area contributed by atoms with Gasteiger partial charge in [0.15, 0.2) is 0 Å². The van der Waals surface area contributed by atoms with Crippen molar-refractivity contribution in [3.8, 4) is 0 Å². The molecule has 0 saturated heterocycles. The van der Waals surface area contributed by atoms with Crippen LogP contribution in [0.15, 0.2) is 4.79 Å². The second-order valence-electron chi connectivity index (χ2n) is 5.14. The smallest absolute Gasteiger partial charge is 0.330 e. The number of aryl methyl sites for hydroxylation is 1. The molecule has 2 rings (SSSR count). The van der Waals surface area contributed by atoms with Gasteiger partial charge in [0.2, 0.25) is 0 Å². The number of nitrogens with one attached hydrogen (secondary N) is 1. The van der Waals surface area contributed by atoms with Crippen molar-refractivity contribution in [2.75, 3.05) is 6.54 Å². The van der Waals surface area contributed by atoms with E-state index in [4.69, 9.17) is 5.73 Å². The molecule has 3 N–H and O–H groups in total. The average Bonchev–Trinajstić information content (AvgIpc) is 2.28. The van der Waals surface area contributed by atoms with Crippen molar-refractivity contribution >= 4 is 0 Å². The highest BCUT2D eigenvalue weighted by molar-refractivity contribution is 5.32. The highest BCUT2D eigenvalue weighted by Crippen LogP contribution is 2.35. The molecule has 0 bridgehead atoms. The minimum Gasteiger partial charge on any atom is -0.330 e. The van der Waals surface area contributed by atoms with Gasteiger partial charge >= 0.3 is 5.69 Å². The zero-order valence-corrected chi connectivity index (χ0v) is 10.6. The Morgan fingerprint density at radius 1 is 1.53 bits per heavy atom. The molecule has 1 heterocycles. The van der Waals surface area contributed by atoms with Gasteiger partial charge < -0.3 is 10.7 Å². The molecule has 0 radical (unpaired) electrons. The van der Waals surface area contributed by atoms with Crippen LogP contribution in [0.25, 0.3) is 0 Å². The summed E-state index contributed by atoms with van der Waals surface area (Å²) >= 11 is 0. The molecule has 1 aromatic rings. The largest absolute Gasteiger partial charge is 0.345 e. The first-order valence-electron chi connectivity index (χ1n) is 6.46. The number of H-pyrrole nitrogens is 1. The monoisotopic (exact) mass is 235 g/mol. The first-order valence-corrected chi connectivity index (χ1v) is 6.46. The lowest BCUT2D eigenvalue weighted by molar-refractivity contribution is 0.503. The van der Waals surface area contributed by atoms with Crippen molar-refractivity contribution in [3.63, 3.8) is 0 Å². The Labute approximate surface area is 102 Å². The van der Waals surface area contributed by atoms with Gasteiger partial charge in [0, 0.05) is 5.69 Å². The standard InChI is InChI=1S/C13H21N3O/c1-8(2)12-11-9(6-7-14)4-3-5-10(11)15-13(17)16-12/h8-9H,3-7,14H2,1-2H3,(H,15,16,17). The van der Waals surface area contributed by atoms with E-state index in [-0.39, 0.29) is 5.69 Å². The maximum Gasteiger partial charge on any atom is 0.345 e. The van der Waals surface area contributed by atoms with Crippen molar-refractivity contribution in [2.24, 2.45) is 5.73 Å².